The summed E-state index contributed by atoms with van der Waals surface area (Å²) in [5.41, 5.74) is 5.26. The third-order valence-electron chi connectivity index (χ3n) is 3.09. The lowest BCUT2D eigenvalue weighted by Crippen LogP contribution is -1.89. The fourth-order valence-electron chi connectivity index (χ4n) is 2.35. The van der Waals surface area contributed by atoms with E-state index in [4.69, 9.17) is 4.74 Å². The van der Waals surface area contributed by atoms with Crippen molar-refractivity contribution in [2.24, 2.45) is 0 Å². The van der Waals surface area contributed by atoms with E-state index in [0.29, 0.717) is 0 Å². The lowest BCUT2D eigenvalue weighted by atomic mass is 10.1. The average molecular weight is 275 g/mol. The molecule has 1 aliphatic rings. The SMILES string of the molecule is COc1ccc(Br)c2c1-c1ccccc1C2. The highest BCUT2D eigenvalue weighted by Gasteiger charge is 2.23. The molecule has 0 fully saturated rings. The topological polar surface area (TPSA) is 9.23 Å². The molecule has 1 nitrogen and oxygen atoms in total. The number of rotatable bonds is 1. The van der Waals surface area contributed by atoms with Crippen LogP contribution < -0.4 is 4.74 Å². The summed E-state index contributed by atoms with van der Waals surface area (Å²) in [6.45, 7) is 0. The first-order chi connectivity index (χ1) is 7.81. The maximum atomic E-state index is 5.45. The van der Waals surface area contributed by atoms with Crippen LogP contribution in [0.4, 0.5) is 0 Å². The molecule has 2 aromatic rings. The van der Waals surface area contributed by atoms with Crippen LogP contribution in [0.25, 0.3) is 11.1 Å². The molecule has 0 aliphatic heterocycles. The predicted octanol–water partition coefficient (Wildman–Crippen LogP) is 4.03. The first-order valence-corrected chi connectivity index (χ1v) is 6.04. The summed E-state index contributed by atoms with van der Waals surface area (Å²) in [7, 11) is 1.73. The van der Waals surface area contributed by atoms with Crippen LogP contribution in [-0.4, -0.2) is 7.11 Å². The molecule has 3 rings (SSSR count). The number of methoxy groups -OCH3 is 1. The Bertz CT molecular complexity index is 561. The summed E-state index contributed by atoms with van der Waals surface area (Å²) in [5, 5.41) is 0. The van der Waals surface area contributed by atoms with Crippen LogP contribution in [-0.2, 0) is 6.42 Å². The Hall–Kier alpha value is -1.28. The van der Waals surface area contributed by atoms with E-state index in [1.165, 1.54) is 26.7 Å². The van der Waals surface area contributed by atoms with Gasteiger partial charge in [-0.2, -0.15) is 0 Å². The number of ether oxygens (including phenoxy) is 1. The van der Waals surface area contributed by atoms with Crippen LogP contribution in [0.15, 0.2) is 40.9 Å². The lowest BCUT2D eigenvalue weighted by Gasteiger charge is -2.09. The van der Waals surface area contributed by atoms with Gasteiger partial charge in [0.05, 0.1) is 7.11 Å². The lowest BCUT2D eigenvalue weighted by molar-refractivity contribution is 0.416. The van der Waals surface area contributed by atoms with E-state index < -0.39 is 0 Å². The molecule has 0 atom stereocenters. The number of hydrogen-bond donors (Lipinski definition) is 0. The van der Waals surface area contributed by atoms with Crippen molar-refractivity contribution in [3.8, 4) is 16.9 Å². The minimum absolute atomic E-state index is 0.961. The highest BCUT2D eigenvalue weighted by atomic mass is 79.9. The highest BCUT2D eigenvalue weighted by molar-refractivity contribution is 9.10. The number of fused-ring (bicyclic) bond motifs is 3. The molecule has 2 aromatic carbocycles. The summed E-state index contributed by atoms with van der Waals surface area (Å²) >= 11 is 3.61. The molecule has 0 amide bonds. The second-order valence-corrected chi connectivity index (χ2v) is 4.79. The smallest absolute Gasteiger partial charge is 0.127 e. The Morgan fingerprint density at radius 1 is 1.12 bits per heavy atom. The van der Waals surface area contributed by atoms with Crippen molar-refractivity contribution in [2.75, 3.05) is 7.11 Å². The van der Waals surface area contributed by atoms with Crippen molar-refractivity contribution >= 4 is 15.9 Å². The van der Waals surface area contributed by atoms with Crippen molar-refractivity contribution in [1.82, 2.24) is 0 Å². The van der Waals surface area contributed by atoms with Gasteiger partial charge in [-0.25, -0.2) is 0 Å². The fraction of sp³-hybridized carbons (Fsp3) is 0.143. The first-order valence-electron chi connectivity index (χ1n) is 5.25. The second-order valence-electron chi connectivity index (χ2n) is 3.94. The second kappa shape index (κ2) is 3.63. The van der Waals surface area contributed by atoms with Gasteiger partial charge < -0.3 is 4.74 Å². The minimum Gasteiger partial charge on any atom is -0.496 e. The standard InChI is InChI=1S/C14H11BrO/c1-16-13-7-6-12(15)11-8-9-4-2-3-5-10(9)14(11)13/h2-7H,8H2,1H3. The summed E-state index contributed by atoms with van der Waals surface area (Å²) < 4.78 is 6.61. The predicted molar refractivity (Wildman–Crippen MR) is 68.9 cm³/mol. The van der Waals surface area contributed by atoms with Gasteiger partial charge in [0.1, 0.15) is 5.75 Å². The quantitative estimate of drug-likeness (QED) is 0.651. The molecule has 0 aromatic heterocycles. The van der Waals surface area contributed by atoms with E-state index in [2.05, 4.69) is 46.3 Å². The molecule has 0 unspecified atom stereocenters. The van der Waals surface area contributed by atoms with Crippen molar-refractivity contribution in [1.29, 1.82) is 0 Å². The van der Waals surface area contributed by atoms with Crippen molar-refractivity contribution < 1.29 is 4.74 Å². The Morgan fingerprint density at radius 2 is 1.94 bits per heavy atom. The van der Waals surface area contributed by atoms with E-state index in [1.54, 1.807) is 7.11 Å². The van der Waals surface area contributed by atoms with E-state index in [1.807, 2.05) is 6.07 Å². The summed E-state index contributed by atoms with van der Waals surface area (Å²) in [5.74, 6) is 0.961. The molecule has 0 N–H and O–H groups in total. The normalized spacial score (nSPS) is 12.1. The Labute approximate surface area is 103 Å². The maximum Gasteiger partial charge on any atom is 0.127 e. The van der Waals surface area contributed by atoms with E-state index in [9.17, 15) is 0 Å². The number of hydrogen-bond acceptors (Lipinski definition) is 1. The van der Waals surface area contributed by atoms with Gasteiger partial charge in [-0.15, -0.1) is 0 Å². The number of halogens is 1. The van der Waals surface area contributed by atoms with Gasteiger partial charge in [0.2, 0.25) is 0 Å². The van der Waals surface area contributed by atoms with Crippen LogP contribution in [0.5, 0.6) is 5.75 Å². The third-order valence-corrected chi connectivity index (χ3v) is 3.83. The van der Waals surface area contributed by atoms with Crippen LogP contribution in [0, 0.1) is 0 Å². The summed E-state index contributed by atoms with van der Waals surface area (Å²) in [6, 6.07) is 12.6. The molecular formula is C14H11BrO. The van der Waals surface area contributed by atoms with Crippen LogP contribution in [0.2, 0.25) is 0 Å². The molecule has 0 saturated carbocycles. The van der Waals surface area contributed by atoms with Crippen molar-refractivity contribution in [2.45, 2.75) is 6.42 Å². The zero-order chi connectivity index (χ0) is 11.1. The molecule has 0 radical (unpaired) electrons. The highest BCUT2D eigenvalue weighted by Crippen LogP contribution is 2.45. The third kappa shape index (κ3) is 1.30. The molecule has 16 heavy (non-hydrogen) atoms. The van der Waals surface area contributed by atoms with Gasteiger partial charge in [0.15, 0.2) is 0 Å². The van der Waals surface area contributed by atoms with Gasteiger partial charge in [-0.1, -0.05) is 40.2 Å². The molecule has 80 valence electrons. The van der Waals surface area contributed by atoms with Crippen LogP contribution in [0.3, 0.4) is 0 Å². The Balaban J connectivity index is 2.33. The van der Waals surface area contributed by atoms with Gasteiger partial charge in [-0.3, -0.25) is 0 Å². The summed E-state index contributed by atoms with van der Waals surface area (Å²) in [4.78, 5) is 0. The molecule has 1 aliphatic carbocycles. The van der Waals surface area contributed by atoms with E-state index >= 15 is 0 Å². The Kier molecular flexibility index (Phi) is 2.25. The zero-order valence-corrected chi connectivity index (χ0v) is 10.5. The monoisotopic (exact) mass is 274 g/mol. The molecule has 0 saturated heterocycles. The minimum atomic E-state index is 0.961. The molecule has 0 heterocycles. The first kappa shape index (κ1) is 9.91. The van der Waals surface area contributed by atoms with Gasteiger partial charge in [0.25, 0.3) is 0 Å². The van der Waals surface area contributed by atoms with Gasteiger partial charge in [0, 0.05) is 10.0 Å². The van der Waals surface area contributed by atoms with Crippen molar-refractivity contribution in [3.63, 3.8) is 0 Å². The molecular weight excluding hydrogens is 264 g/mol. The molecule has 0 spiro atoms. The Morgan fingerprint density at radius 3 is 2.75 bits per heavy atom. The van der Waals surface area contributed by atoms with Gasteiger partial charge >= 0.3 is 0 Å². The van der Waals surface area contributed by atoms with Crippen LogP contribution >= 0.6 is 15.9 Å². The fourth-order valence-corrected chi connectivity index (χ4v) is 2.82. The van der Waals surface area contributed by atoms with E-state index in [0.717, 1.165) is 12.2 Å². The zero-order valence-electron chi connectivity index (χ0n) is 8.96. The molecule has 0 bridgehead atoms. The summed E-state index contributed by atoms with van der Waals surface area (Å²) in [6.07, 6.45) is 0.989. The van der Waals surface area contributed by atoms with E-state index in [-0.39, 0.29) is 0 Å². The van der Waals surface area contributed by atoms with Crippen molar-refractivity contribution in [3.05, 3.63) is 52.0 Å². The maximum absolute atomic E-state index is 5.45. The number of benzene rings is 2. The largest absolute Gasteiger partial charge is 0.496 e. The average Bonchev–Trinajstić information content (AvgIpc) is 2.70. The molecule has 2 heteroatoms. The van der Waals surface area contributed by atoms with Crippen LogP contribution in [0.1, 0.15) is 11.1 Å². The van der Waals surface area contributed by atoms with Gasteiger partial charge in [-0.05, 0) is 35.2 Å².